The van der Waals surface area contributed by atoms with Crippen molar-refractivity contribution in [1.29, 1.82) is 0 Å². The molecule has 0 amide bonds. The van der Waals surface area contributed by atoms with Crippen molar-refractivity contribution in [3.05, 3.63) is 84.5 Å². The molecule has 0 saturated carbocycles. The average Bonchev–Trinajstić information content (AvgIpc) is 2.68. The van der Waals surface area contributed by atoms with E-state index >= 15 is 0 Å². The molecule has 24 heavy (non-hydrogen) atoms. The van der Waals surface area contributed by atoms with Crippen molar-refractivity contribution in [3.8, 4) is 11.1 Å². The molecule has 1 aliphatic rings. The molecule has 0 heterocycles. The molecule has 0 aromatic heterocycles. The Labute approximate surface area is 147 Å². The molecule has 0 radical (unpaired) electrons. The van der Waals surface area contributed by atoms with E-state index in [1.807, 2.05) is 11.8 Å². The second-order valence-electron chi connectivity index (χ2n) is 6.08. The minimum atomic E-state index is 1.14. The van der Waals surface area contributed by atoms with Gasteiger partial charge >= 0.3 is 0 Å². The maximum Gasteiger partial charge on any atom is 0.0148 e. The number of hydrogen-bond acceptors (Lipinski definition) is 1. The van der Waals surface area contributed by atoms with Crippen molar-refractivity contribution in [3.63, 3.8) is 0 Å². The molecule has 3 aromatic carbocycles. The molecule has 0 N–H and O–H groups in total. The molecule has 0 atom stereocenters. The van der Waals surface area contributed by atoms with Gasteiger partial charge in [-0.15, -0.1) is 11.8 Å². The number of allylic oxidation sites excluding steroid dienone is 4. The zero-order chi connectivity index (χ0) is 16.4. The summed E-state index contributed by atoms with van der Waals surface area (Å²) < 4.78 is 0. The summed E-state index contributed by atoms with van der Waals surface area (Å²) in [5, 5.41) is 2.61. The quantitative estimate of drug-likeness (QED) is 0.468. The third kappa shape index (κ3) is 2.81. The van der Waals surface area contributed by atoms with E-state index in [4.69, 9.17) is 0 Å². The molecule has 0 unspecified atom stereocenters. The van der Waals surface area contributed by atoms with Crippen molar-refractivity contribution in [2.45, 2.75) is 17.7 Å². The fourth-order valence-electron chi connectivity index (χ4n) is 3.39. The molecule has 0 fully saturated rings. The van der Waals surface area contributed by atoms with Crippen molar-refractivity contribution >= 4 is 28.1 Å². The zero-order valence-corrected chi connectivity index (χ0v) is 14.6. The van der Waals surface area contributed by atoms with Gasteiger partial charge in [-0.25, -0.2) is 0 Å². The predicted molar refractivity (Wildman–Crippen MR) is 108 cm³/mol. The van der Waals surface area contributed by atoms with Crippen LogP contribution in [0.5, 0.6) is 0 Å². The van der Waals surface area contributed by atoms with Gasteiger partial charge in [-0.1, -0.05) is 66.8 Å². The largest absolute Gasteiger partial charge is 0.129 e. The molecule has 3 aromatic rings. The van der Waals surface area contributed by atoms with E-state index in [0.717, 1.165) is 12.8 Å². The molecule has 0 saturated heterocycles. The van der Waals surface area contributed by atoms with Crippen LogP contribution in [0.2, 0.25) is 0 Å². The molecule has 0 nitrogen and oxygen atoms in total. The van der Waals surface area contributed by atoms with E-state index in [0.29, 0.717) is 0 Å². The second-order valence-corrected chi connectivity index (χ2v) is 6.93. The van der Waals surface area contributed by atoms with Crippen LogP contribution < -0.4 is 0 Å². The van der Waals surface area contributed by atoms with Gasteiger partial charge in [-0.2, -0.15) is 0 Å². The van der Waals surface area contributed by atoms with Crippen LogP contribution >= 0.6 is 11.8 Å². The second kappa shape index (κ2) is 6.70. The predicted octanol–water partition coefficient (Wildman–Crippen LogP) is 6.96. The first kappa shape index (κ1) is 15.3. The van der Waals surface area contributed by atoms with Gasteiger partial charge in [0.2, 0.25) is 0 Å². The lowest BCUT2D eigenvalue weighted by Crippen LogP contribution is -1.91. The summed E-state index contributed by atoms with van der Waals surface area (Å²) in [4.78, 5) is 1.34. The Balaban J connectivity index is 1.90. The van der Waals surface area contributed by atoms with Crippen molar-refractivity contribution in [2.24, 2.45) is 0 Å². The van der Waals surface area contributed by atoms with Gasteiger partial charge in [0.1, 0.15) is 0 Å². The van der Waals surface area contributed by atoms with E-state index < -0.39 is 0 Å². The van der Waals surface area contributed by atoms with Crippen molar-refractivity contribution in [1.82, 2.24) is 0 Å². The molecule has 0 aliphatic heterocycles. The normalized spacial score (nSPS) is 14.0. The third-order valence-electron chi connectivity index (χ3n) is 4.61. The standard InChI is InChI=1S/C23H20S/c1-24-23-15-14-19(16-22(23)18-8-3-2-4-9-18)21-13-7-11-17-10-5-6-12-20(17)21/h3,5-16H,2,4H2,1H3. The first-order valence-corrected chi connectivity index (χ1v) is 9.62. The van der Waals surface area contributed by atoms with E-state index in [1.54, 1.807) is 0 Å². The molecule has 4 rings (SSSR count). The van der Waals surface area contributed by atoms with Crippen LogP contribution in [0.25, 0.3) is 27.5 Å². The number of fused-ring (bicyclic) bond motifs is 1. The number of thioether (sulfide) groups is 1. The third-order valence-corrected chi connectivity index (χ3v) is 5.40. The van der Waals surface area contributed by atoms with Crippen LogP contribution in [0.4, 0.5) is 0 Å². The van der Waals surface area contributed by atoms with Crippen LogP contribution in [-0.4, -0.2) is 6.26 Å². The van der Waals surface area contributed by atoms with Crippen LogP contribution in [0, 0.1) is 0 Å². The summed E-state index contributed by atoms with van der Waals surface area (Å²) in [6.45, 7) is 0. The summed E-state index contributed by atoms with van der Waals surface area (Å²) in [6.07, 6.45) is 11.4. The number of rotatable bonds is 3. The Kier molecular flexibility index (Phi) is 4.27. The van der Waals surface area contributed by atoms with Crippen LogP contribution in [-0.2, 0) is 0 Å². The van der Waals surface area contributed by atoms with E-state index in [-0.39, 0.29) is 0 Å². The van der Waals surface area contributed by atoms with Crippen LogP contribution in [0.15, 0.2) is 83.8 Å². The average molecular weight is 328 g/mol. The molecule has 0 spiro atoms. The SMILES string of the molecule is CSc1ccc(-c2cccc3ccccc23)cc1C1=CCCC=C1. The van der Waals surface area contributed by atoms with Gasteiger partial charge in [-0.05, 0) is 64.3 Å². The van der Waals surface area contributed by atoms with Gasteiger partial charge in [0.05, 0.1) is 0 Å². The highest BCUT2D eigenvalue weighted by molar-refractivity contribution is 7.98. The van der Waals surface area contributed by atoms with Gasteiger partial charge in [0.15, 0.2) is 0 Å². The summed E-state index contributed by atoms with van der Waals surface area (Å²) in [5.74, 6) is 0. The lowest BCUT2D eigenvalue weighted by atomic mass is 9.93. The van der Waals surface area contributed by atoms with Gasteiger partial charge in [0, 0.05) is 4.90 Å². The summed E-state index contributed by atoms with van der Waals surface area (Å²) in [6, 6.07) is 22.1. The number of hydrogen-bond donors (Lipinski definition) is 0. The maximum absolute atomic E-state index is 2.36. The monoisotopic (exact) mass is 328 g/mol. The van der Waals surface area contributed by atoms with E-state index in [9.17, 15) is 0 Å². The molecular formula is C23H20S. The molecule has 1 aliphatic carbocycles. The van der Waals surface area contributed by atoms with E-state index in [2.05, 4.69) is 85.1 Å². The Morgan fingerprint density at radius 3 is 2.54 bits per heavy atom. The van der Waals surface area contributed by atoms with Crippen molar-refractivity contribution < 1.29 is 0 Å². The first-order chi connectivity index (χ1) is 11.9. The highest BCUT2D eigenvalue weighted by Gasteiger charge is 2.10. The Morgan fingerprint density at radius 2 is 1.71 bits per heavy atom. The van der Waals surface area contributed by atoms with E-state index in [1.165, 1.54) is 37.9 Å². The summed E-state index contributed by atoms with van der Waals surface area (Å²) in [5.41, 5.74) is 5.30. The molecule has 118 valence electrons. The fourth-order valence-corrected chi connectivity index (χ4v) is 3.99. The summed E-state index contributed by atoms with van der Waals surface area (Å²) in [7, 11) is 0. The van der Waals surface area contributed by atoms with Crippen LogP contribution in [0.1, 0.15) is 18.4 Å². The Morgan fingerprint density at radius 1 is 0.833 bits per heavy atom. The lowest BCUT2D eigenvalue weighted by molar-refractivity contribution is 1.04. The van der Waals surface area contributed by atoms with Crippen LogP contribution in [0.3, 0.4) is 0 Å². The van der Waals surface area contributed by atoms with Crippen molar-refractivity contribution in [2.75, 3.05) is 6.26 Å². The highest BCUT2D eigenvalue weighted by atomic mass is 32.2. The van der Waals surface area contributed by atoms with Gasteiger partial charge in [0.25, 0.3) is 0 Å². The zero-order valence-electron chi connectivity index (χ0n) is 13.8. The number of benzene rings is 3. The first-order valence-electron chi connectivity index (χ1n) is 8.40. The summed E-state index contributed by atoms with van der Waals surface area (Å²) >= 11 is 1.82. The lowest BCUT2D eigenvalue weighted by Gasteiger charge is -2.14. The highest BCUT2D eigenvalue weighted by Crippen LogP contribution is 2.35. The Hall–Kier alpha value is -2.25. The Bertz CT molecular complexity index is 942. The minimum absolute atomic E-state index is 1.14. The van der Waals surface area contributed by atoms with Gasteiger partial charge < -0.3 is 0 Å². The fraction of sp³-hybridized carbons (Fsp3) is 0.130. The van der Waals surface area contributed by atoms with Gasteiger partial charge in [-0.3, -0.25) is 0 Å². The topological polar surface area (TPSA) is 0 Å². The molecule has 1 heteroatoms. The maximum atomic E-state index is 2.36. The molecular weight excluding hydrogens is 308 g/mol. The smallest absolute Gasteiger partial charge is 0.0148 e. The molecule has 0 bridgehead atoms. The minimum Gasteiger partial charge on any atom is -0.129 e.